The van der Waals surface area contributed by atoms with E-state index in [1.54, 1.807) is 0 Å². The van der Waals surface area contributed by atoms with Gasteiger partial charge in [0, 0.05) is 10.2 Å². The number of anilines is 1. The second-order valence-electron chi connectivity index (χ2n) is 5.71. The number of hydrogen-bond donors (Lipinski definition) is 2. The van der Waals surface area contributed by atoms with Gasteiger partial charge in [-0.15, -0.1) is 0 Å². The zero-order valence-electron chi connectivity index (χ0n) is 12.5. The predicted molar refractivity (Wildman–Crippen MR) is 100 cm³/mol. The van der Waals surface area contributed by atoms with Crippen LogP contribution in [-0.4, -0.2) is 5.11 Å². The summed E-state index contributed by atoms with van der Waals surface area (Å²) in [6.07, 6.45) is 3.49. The maximum Gasteiger partial charge on any atom is 0.171 e. The van der Waals surface area contributed by atoms with Crippen molar-refractivity contribution < 1.29 is 0 Å². The molecule has 0 amide bonds. The molecular weight excluding hydrogens is 356 g/mol. The Morgan fingerprint density at radius 2 is 2.05 bits per heavy atom. The molecule has 3 rings (SSSR count). The molecule has 0 aromatic heterocycles. The van der Waals surface area contributed by atoms with E-state index in [0.717, 1.165) is 16.6 Å². The van der Waals surface area contributed by atoms with Crippen LogP contribution in [0.5, 0.6) is 0 Å². The van der Waals surface area contributed by atoms with Gasteiger partial charge in [-0.05, 0) is 73.3 Å². The maximum atomic E-state index is 5.49. The number of hydrogen-bond acceptors (Lipinski definition) is 1. The Hall–Kier alpha value is -1.39. The Morgan fingerprint density at radius 3 is 2.86 bits per heavy atom. The van der Waals surface area contributed by atoms with E-state index in [1.807, 2.05) is 12.1 Å². The molecule has 0 bridgehead atoms. The first kappa shape index (κ1) is 15.5. The van der Waals surface area contributed by atoms with Crippen LogP contribution in [0.15, 0.2) is 46.9 Å². The van der Waals surface area contributed by atoms with Crippen LogP contribution in [-0.2, 0) is 6.42 Å². The van der Waals surface area contributed by atoms with E-state index in [9.17, 15) is 0 Å². The molecule has 0 heterocycles. The lowest BCUT2D eigenvalue weighted by Gasteiger charge is -2.27. The zero-order chi connectivity index (χ0) is 15.5. The number of fused-ring (bicyclic) bond motifs is 1. The lowest BCUT2D eigenvalue weighted by Crippen LogP contribution is -2.34. The minimum Gasteiger partial charge on any atom is -0.356 e. The average molecular weight is 375 g/mol. The predicted octanol–water partition coefficient (Wildman–Crippen LogP) is 5.12. The van der Waals surface area contributed by atoms with Gasteiger partial charge in [-0.25, -0.2) is 0 Å². The van der Waals surface area contributed by atoms with Crippen LogP contribution in [0.2, 0.25) is 0 Å². The number of nitrogens with one attached hydrogen (secondary N) is 2. The summed E-state index contributed by atoms with van der Waals surface area (Å²) in [4.78, 5) is 0. The third kappa shape index (κ3) is 3.50. The lowest BCUT2D eigenvalue weighted by atomic mass is 9.88. The summed E-state index contributed by atoms with van der Waals surface area (Å²) in [6, 6.07) is 15.1. The largest absolute Gasteiger partial charge is 0.356 e. The van der Waals surface area contributed by atoms with Gasteiger partial charge in [0.15, 0.2) is 5.11 Å². The van der Waals surface area contributed by atoms with Crippen LogP contribution in [0.1, 0.15) is 35.6 Å². The monoisotopic (exact) mass is 374 g/mol. The number of benzene rings is 2. The van der Waals surface area contributed by atoms with Gasteiger partial charge in [-0.1, -0.05) is 40.2 Å². The van der Waals surface area contributed by atoms with Gasteiger partial charge >= 0.3 is 0 Å². The summed E-state index contributed by atoms with van der Waals surface area (Å²) < 4.78 is 1.11. The molecule has 0 aliphatic heterocycles. The molecule has 0 saturated carbocycles. The van der Waals surface area contributed by atoms with E-state index in [1.165, 1.54) is 29.5 Å². The van der Waals surface area contributed by atoms with E-state index >= 15 is 0 Å². The van der Waals surface area contributed by atoms with Crippen molar-refractivity contribution in [3.8, 4) is 0 Å². The Kier molecular flexibility index (Phi) is 4.79. The van der Waals surface area contributed by atoms with Crippen molar-refractivity contribution in [1.29, 1.82) is 0 Å². The molecule has 2 aromatic rings. The highest BCUT2D eigenvalue weighted by atomic mass is 79.9. The number of rotatable bonds is 2. The Labute approximate surface area is 145 Å². The molecule has 1 atom stereocenters. The van der Waals surface area contributed by atoms with E-state index in [4.69, 9.17) is 12.2 Å². The zero-order valence-corrected chi connectivity index (χ0v) is 14.9. The van der Waals surface area contributed by atoms with Crippen molar-refractivity contribution in [2.24, 2.45) is 0 Å². The van der Waals surface area contributed by atoms with Crippen LogP contribution in [0.4, 0.5) is 5.69 Å². The van der Waals surface area contributed by atoms with E-state index in [2.05, 4.69) is 63.8 Å². The topological polar surface area (TPSA) is 24.1 Å². The van der Waals surface area contributed by atoms with Crippen molar-refractivity contribution in [3.63, 3.8) is 0 Å². The second-order valence-corrected chi connectivity index (χ2v) is 6.97. The third-order valence-electron chi connectivity index (χ3n) is 4.09. The van der Waals surface area contributed by atoms with Crippen LogP contribution in [0.25, 0.3) is 0 Å². The Balaban J connectivity index is 1.69. The van der Waals surface area contributed by atoms with Crippen molar-refractivity contribution in [2.45, 2.75) is 32.2 Å². The fraction of sp³-hybridized carbons (Fsp3) is 0.278. The van der Waals surface area contributed by atoms with Gasteiger partial charge < -0.3 is 10.6 Å². The molecule has 2 N–H and O–H groups in total. The van der Waals surface area contributed by atoms with Gasteiger partial charge in [0.2, 0.25) is 0 Å². The molecule has 2 nitrogen and oxygen atoms in total. The Bertz CT molecular complexity index is 699. The second kappa shape index (κ2) is 6.80. The first-order chi connectivity index (χ1) is 10.6. The SMILES string of the molecule is Cc1cc(NC(=S)NC2CCCc3ccccc32)ccc1Br. The Morgan fingerprint density at radius 1 is 1.23 bits per heavy atom. The fourth-order valence-corrected chi connectivity index (χ4v) is 3.46. The van der Waals surface area contributed by atoms with Crippen LogP contribution in [0.3, 0.4) is 0 Å². The summed E-state index contributed by atoms with van der Waals surface area (Å²) in [5.74, 6) is 0. The standard InChI is InChI=1S/C18H19BrN2S/c1-12-11-14(9-10-16(12)19)20-18(22)21-17-8-4-6-13-5-2-3-7-15(13)17/h2-3,5,7,9-11,17H,4,6,8H2,1H3,(H2,20,21,22). The van der Waals surface area contributed by atoms with E-state index in [0.29, 0.717) is 11.2 Å². The average Bonchev–Trinajstić information content (AvgIpc) is 2.51. The molecule has 114 valence electrons. The van der Waals surface area contributed by atoms with Crippen molar-refractivity contribution in [3.05, 3.63) is 63.6 Å². The van der Waals surface area contributed by atoms with Gasteiger partial charge in [-0.2, -0.15) is 0 Å². The molecule has 22 heavy (non-hydrogen) atoms. The van der Waals surface area contributed by atoms with Gasteiger partial charge in [-0.3, -0.25) is 0 Å². The van der Waals surface area contributed by atoms with Gasteiger partial charge in [0.05, 0.1) is 6.04 Å². The molecule has 1 aliphatic rings. The van der Waals surface area contributed by atoms with E-state index in [-0.39, 0.29) is 0 Å². The number of aryl methyl sites for hydroxylation is 2. The molecule has 2 aromatic carbocycles. The molecule has 0 radical (unpaired) electrons. The molecule has 0 spiro atoms. The summed E-state index contributed by atoms with van der Waals surface area (Å²) in [6.45, 7) is 2.07. The smallest absolute Gasteiger partial charge is 0.171 e. The summed E-state index contributed by atoms with van der Waals surface area (Å²) in [7, 11) is 0. The molecule has 0 saturated heterocycles. The van der Waals surface area contributed by atoms with Gasteiger partial charge in [0.1, 0.15) is 0 Å². The minimum absolute atomic E-state index is 0.307. The lowest BCUT2D eigenvalue weighted by molar-refractivity contribution is 0.529. The summed E-state index contributed by atoms with van der Waals surface area (Å²) in [5.41, 5.74) is 5.02. The van der Waals surface area contributed by atoms with Gasteiger partial charge in [0.25, 0.3) is 0 Å². The van der Waals surface area contributed by atoms with Crippen LogP contribution >= 0.6 is 28.1 Å². The quantitative estimate of drug-likeness (QED) is 0.713. The maximum absolute atomic E-state index is 5.49. The first-order valence-electron chi connectivity index (χ1n) is 7.55. The molecule has 4 heteroatoms. The normalized spacial score (nSPS) is 16.7. The molecular formula is C18H19BrN2S. The third-order valence-corrected chi connectivity index (χ3v) is 5.20. The van der Waals surface area contributed by atoms with E-state index < -0.39 is 0 Å². The fourth-order valence-electron chi connectivity index (χ4n) is 2.95. The highest BCUT2D eigenvalue weighted by Gasteiger charge is 2.20. The molecule has 0 fully saturated rings. The number of halogens is 1. The van der Waals surface area contributed by atoms with Crippen LogP contribution in [0, 0.1) is 6.92 Å². The molecule has 1 unspecified atom stereocenters. The highest BCUT2D eigenvalue weighted by molar-refractivity contribution is 9.10. The summed E-state index contributed by atoms with van der Waals surface area (Å²) >= 11 is 9.01. The minimum atomic E-state index is 0.307. The van der Waals surface area contributed by atoms with Crippen molar-refractivity contribution >= 4 is 38.9 Å². The highest BCUT2D eigenvalue weighted by Crippen LogP contribution is 2.29. The van der Waals surface area contributed by atoms with Crippen LogP contribution < -0.4 is 10.6 Å². The number of thiocarbonyl (C=S) groups is 1. The van der Waals surface area contributed by atoms with Crippen molar-refractivity contribution in [1.82, 2.24) is 5.32 Å². The molecule has 1 aliphatic carbocycles. The van der Waals surface area contributed by atoms with Crippen molar-refractivity contribution in [2.75, 3.05) is 5.32 Å². The first-order valence-corrected chi connectivity index (χ1v) is 8.75. The summed E-state index contributed by atoms with van der Waals surface area (Å²) in [5, 5.41) is 7.44.